The molecule has 5 heteroatoms. The SMILES string of the molecule is O=C(Nc1ccc2ccccc2c1)[C@H]1CC(=O)N(c2ccc(Br)cc2)C1. The minimum absolute atomic E-state index is 0.0222. The Morgan fingerprint density at radius 1 is 1.00 bits per heavy atom. The van der Waals surface area contributed by atoms with Crippen molar-refractivity contribution in [2.45, 2.75) is 6.42 Å². The maximum absolute atomic E-state index is 12.6. The molecule has 4 nitrogen and oxygen atoms in total. The minimum atomic E-state index is -0.349. The van der Waals surface area contributed by atoms with E-state index in [9.17, 15) is 9.59 Å². The van der Waals surface area contributed by atoms with Crippen molar-refractivity contribution in [3.05, 3.63) is 71.2 Å². The topological polar surface area (TPSA) is 49.4 Å². The molecular weight excluding hydrogens is 392 g/mol. The van der Waals surface area contributed by atoms with Crippen molar-refractivity contribution in [3.8, 4) is 0 Å². The number of rotatable bonds is 3. The third-order valence-corrected chi connectivity index (χ3v) is 5.18. The molecule has 1 fully saturated rings. The van der Waals surface area contributed by atoms with Gasteiger partial charge in [-0.25, -0.2) is 0 Å². The Bertz CT molecular complexity index is 985. The Morgan fingerprint density at radius 2 is 1.73 bits per heavy atom. The van der Waals surface area contributed by atoms with Crippen LogP contribution in [-0.4, -0.2) is 18.4 Å². The highest BCUT2D eigenvalue weighted by molar-refractivity contribution is 9.10. The Labute approximate surface area is 159 Å². The number of amides is 2. The smallest absolute Gasteiger partial charge is 0.229 e. The van der Waals surface area contributed by atoms with Crippen molar-refractivity contribution in [2.24, 2.45) is 5.92 Å². The molecule has 3 aromatic carbocycles. The largest absolute Gasteiger partial charge is 0.326 e. The molecule has 0 bridgehead atoms. The van der Waals surface area contributed by atoms with Gasteiger partial charge in [-0.15, -0.1) is 0 Å². The molecule has 0 unspecified atom stereocenters. The molecule has 0 aliphatic carbocycles. The molecule has 1 saturated heterocycles. The van der Waals surface area contributed by atoms with Crippen LogP contribution in [0.5, 0.6) is 0 Å². The number of hydrogen-bond donors (Lipinski definition) is 1. The van der Waals surface area contributed by atoms with Crippen LogP contribution < -0.4 is 10.2 Å². The molecule has 1 N–H and O–H groups in total. The summed E-state index contributed by atoms with van der Waals surface area (Å²) in [4.78, 5) is 26.6. The van der Waals surface area contributed by atoms with Gasteiger partial charge in [0.05, 0.1) is 5.92 Å². The van der Waals surface area contributed by atoms with Crippen molar-refractivity contribution >= 4 is 49.9 Å². The van der Waals surface area contributed by atoms with Crippen LogP contribution in [0, 0.1) is 5.92 Å². The fourth-order valence-corrected chi connectivity index (χ4v) is 3.53. The number of anilines is 2. The first-order chi connectivity index (χ1) is 12.6. The van der Waals surface area contributed by atoms with E-state index in [1.807, 2.05) is 66.7 Å². The van der Waals surface area contributed by atoms with Crippen molar-refractivity contribution in [3.63, 3.8) is 0 Å². The third-order valence-electron chi connectivity index (χ3n) is 4.65. The summed E-state index contributed by atoms with van der Waals surface area (Å²) in [5, 5.41) is 5.15. The summed E-state index contributed by atoms with van der Waals surface area (Å²) < 4.78 is 0.957. The first-order valence-electron chi connectivity index (χ1n) is 8.46. The summed E-state index contributed by atoms with van der Waals surface area (Å²) in [6.45, 7) is 0.403. The molecule has 0 spiro atoms. The van der Waals surface area contributed by atoms with Crippen LogP contribution in [0.25, 0.3) is 10.8 Å². The van der Waals surface area contributed by atoms with Crippen LogP contribution in [-0.2, 0) is 9.59 Å². The number of carbonyl (C=O) groups is 2. The molecule has 0 aromatic heterocycles. The second-order valence-corrected chi connectivity index (χ2v) is 7.35. The third kappa shape index (κ3) is 3.35. The molecule has 0 radical (unpaired) electrons. The Kier molecular flexibility index (Phi) is 4.47. The quantitative estimate of drug-likeness (QED) is 0.688. The highest BCUT2D eigenvalue weighted by atomic mass is 79.9. The van der Waals surface area contributed by atoms with Crippen LogP contribution >= 0.6 is 15.9 Å². The predicted octanol–water partition coefficient (Wildman–Crippen LogP) is 4.59. The van der Waals surface area contributed by atoms with E-state index in [-0.39, 0.29) is 24.2 Å². The Morgan fingerprint density at radius 3 is 2.50 bits per heavy atom. The average Bonchev–Trinajstić information content (AvgIpc) is 3.04. The zero-order valence-corrected chi connectivity index (χ0v) is 15.6. The summed E-state index contributed by atoms with van der Waals surface area (Å²) in [5.41, 5.74) is 1.57. The Balaban J connectivity index is 1.48. The minimum Gasteiger partial charge on any atom is -0.326 e. The molecular formula is C21H17BrN2O2. The second-order valence-electron chi connectivity index (χ2n) is 6.43. The van der Waals surface area contributed by atoms with E-state index in [2.05, 4.69) is 21.2 Å². The number of nitrogens with zero attached hydrogens (tertiary/aromatic N) is 1. The molecule has 1 aliphatic heterocycles. The number of hydrogen-bond acceptors (Lipinski definition) is 2. The average molecular weight is 409 g/mol. The molecule has 0 saturated carbocycles. The van der Waals surface area contributed by atoms with Gasteiger partial charge in [-0.2, -0.15) is 0 Å². The van der Waals surface area contributed by atoms with E-state index in [4.69, 9.17) is 0 Å². The van der Waals surface area contributed by atoms with Crippen molar-refractivity contribution in [1.29, 1.82) is 0 Å². The molecule has 3 aromatic rings. The zero-order valence-electron chi connectivity index (χ0n) is 14.0. The summed E-state index contributed by atoms with van der Waals surface area (Å²) in [7, 11) is 0. The number of nitrogens with one attached hydrogen (secondary N) is 1. The predicted molar refractivity (Wildman–Crippen MR) is 107 cm³/mol. The molecule has 1 atom stereocenters. The zero-order chi connectivity index (χ0) is 18.1. The summed E-state index contributed by atoms with van der Waals surface area (Å²) in [6, 6.07) is 21.4. The van der Waals surface area contributed by atoms with E-state index in [0.29, 0.717) is 6.54 Å². The summed E-state index contributed by atoms with van der Waals surface area (Å²) >= 11 is 3.39. The van der Waals surface area contributed by atoms with Gasteiger partial charge in [-0.05, 0) is 47.2 Å². The van der Waals surface area contributed by atoms with Gasteiger partial charge < -0.3 is 10.2 Å². The maximum Gasteiger partial charge on any atom is 0.229 e. The van der Waals surface area contributed by atoms with E-state index in [0.717, 1.165) is 26.6 Å². The first kappa shape index (κ1) is 16.8. The van der Waals surface area contributed by atoms with E-state index < -0.39 is 0 Å². The van der Waals surface area contributed by atoms with Gasteiger partial charge in [0.15, 0.2) is 0 Å². The summed E-state index contributed by atoms with van der Waals surface area (Å²) in [5.74, 6) is -0.489. The first-order valence-corrected chi connectivity index (χ1v) is 9.25. The standard InChI is InChI=1S/C21H17BrN2O2/c22-17-6-9-19(10-7-17)24-13-16(12-20(24)25)21(26)23-18-8-5-14-3-1-2-4-15(14)11-18/h1-11,16H,12-13H2,(H,23,26)/t16-/m0/s1. The fourth-order valence-electron chi connectivity index (χ4n) is 3.27. The van der Waals surface area contributed by atoms with Crippen LogP contribution in [0.4, 0.5) is 11.4 Å². The fraction of sp³-hybridized carbons (Fsp3) is 0.143. The van der Waals surface area contributed by atoms with Crippen LogP contribution in [0.2, 0.25) is 0 Å². The van der Waals surface area contributed by atoms with Crippen molar-refractivity contribution in [2.75, 3.05) is 16.8 Å². The van der Waals surface area contributed by atoms with Gasteiger partial charge in [0.2, 0.25) is 11.8 Å². The van der Waals surface area contributed by atoms with Gasteiger partial charge in [-0.1, -0.05) is 46.3 Å². The van der Waals surface area contributed by atoms with E-state index >= 15 is 0 Å². The van der Waals surface area contributed by atoms with Gasteiger partial charge >= 0.3 is 0 Å². The monoisotopic (exact) mass is 408 g/mol. The molecule has 1 aliphatic rings. The van der Waals surface area contributed by atoms with Crippen LogP contribution in [0.1, 0.15) is 6.42 Å². The number of carbonyl (C=O) groups excluding carboxylic acids is 2. The maximum atomic E-state index is 12.6. The number of benzene rings is 3. The van der Waals surface area contributed by atoms with Crippen molar-refractivity contribution < 1.29 is 9.59 Å². The number of halogens is 1. The van der Waals surface area contributed by atoms with Gasteiger partial charge in [0.25, 0.3) is 0 Å². The van der Waals surface area contributed by atoms with E-state index in [1.54, 1.807) is 4.90 Å². The lowest BCUT2D eigenvalue weighted by atomic mass is 10.1. The summed E-state index contributed by atoms with van der Waals surface area (Å²) in [6.07, 6.45) is 0.232. The lowest BCUT2D eigenvalue weighted by Crippen LogP contribution is -2.28. The van der Waals surface area contributed by atoms with Crippen molar-refractivity contribution in [1.82, 2.24) is 0 Å². The van der Waals surface area contributed by atoms with Gasteiger partial charge in [-0.3, -0.25) is 9.59 Å². The Hall–Kier alpha value is -2.66. The van der Waals surface area contributed by atoms with Gasteiger partial charge in [0, 0.05) is 28.8 Å². The van der Waals surface area contributed by atoms with Crippen LogP contribution in [0.15, 0.2) is 71.2 Å². The molecule has 2 amide bonds. The highest BCUT2D eigenvalue weighted by Crippen LogP contribution is 2.27. The van der Waals surface area contributed by atoms with Gasteiger partial charge in [0.1, 0.15) is 0 Å². The van der Waals surface area contributed by atoms with E-state index in [1.165, 1.54) is 0 Å². The van der Waals surface area contributed by atoms with Crippen LogP contribution in [0.3, 0.4) is 0 Å². The highest BCUT2D eigenvalue weighted by Gasteiger charge is 2.35. The number of fused-ring (bicyclic) bond motifs is 1. The molecule has 130 valence electrons. The normalized spacial score (nSPS) is 16.9. The lowest BCUT2D eigenvalue weighted by Gasteiger charge is -2.17. The molecule has 1 heterocycles. The molecule has 4 rings (SSSR count). The molecule has 26 heavy (non-hydrogen) atoms. The lowest BCUT2D eigenvalue weighted by molar-refractivity contribution is -0.122. The second kappa shape index (κ2) is 6.92.